The van der Waals surface area contributed by atoms with Crippen molar-refractivity contribution >= 4 is 28.2 Å². The number of likely N-dealkylation sites (N-methyl/N-ethyl adjacent to an activating group) is 1. The van der Waals surface area contributed by atoms with E-state index in [1.165, 1.54) is 6.07 Å². The minimum atomic E-state index is -0.914. The first kappa shape index (κ1) is 17.8. The van der Waals surface area contributed by atoms with Gasteiger partial charge >= 0.3 is 0 Å². The number of halogens is 2. The Morgan fingerprint density at radius 3 is 2.77 bits per heavy atom. The van der Waals surface area contributed by atoms with E-state index in [2.05, 4.69) is 20.8 Å². The normalized spacial score (nSPS) is 11.1. The highest BCUT2D eigenvalue weighted by Gasteiger charge is 2.16. The van der Waals surface area contributed by atoms with Crippen molar-refractivity contribution in [2.24, 2.45) is 0 Å². The number of nitrogens with zero attached hydrogens (tertiary/aromatic N) is 2. The Balaban J connectivity index is 1.79. The summed E-state index contributed by atoms with van der Waals surface area (Å²) in [7, 11) is 3.77. The molecule has 1 aromatic heterocycles. The predicted octanol–water partition coefficient (Wildman–Crippen LogP) is 3.07. The lowest BCUT2D eigenvalue weighted by Crippen LogP contribution is -2.21. The van der Waals surface area contributed by atoms with Gasteiger partial charge in [-0.1, -0.05) is 0 Å². The van der Waals surface area contributed by atoms with Crippen LogP contribution in [0.3, 0.4) is 0 Å². The van der Waals surface area contributed by atoms with Gasteiger partial charge in [0, 0.05) is 30.2 Å². The third kappa shape index (κ3) is 3.97. The number of fused-ring (bicyclic) bond motifs is 1. The largest absolute Gasteiger partial charge is 0.381 e. The number of nitrogens with one attached hydrogen (secondary N) is 3. The standard InChI is InChI=1S/C18H19F2N5O/c1-25(2)6-5-21-17-8-13(14(19)9-15(17)20)18(26)23-12-3-4-16-11(7-12)10-22-24-16/h3-4,7-10,21H,5-6H2,1-2H3,(H,22,24)(H,23,26). The summed E-state index contributed by atoms with van der Waals surface area (Å²) in [5.41, 5.74) is 1.17. The minimum Gasteiger partial charge on any atom is -0.381 e. The summed E-state index contributed by atoms with van der Waals surface area (Å²) in [6.45, 7) is 1.14. The van der Waals surface area contributed by atoms with Gasteiger partial charge in [0.1, 0.15) is 11.6 Å². The molecule has 0 unspecified atom stereocenters. The molecule has 0 fully saturated rings. The zero-order chi connectivity index (χ0) is 18.7. The van der Waals surface area contributed by atoms with Crippen molar-refractivity contribution in [3.8, 4) is 0 Å². The average Bonchev–Trinajstić information content (AvgIpc) is 3.04. The van der Waals surface area contributed by atoms with Gasteiger partial charge in [-0.3, -0.25) is 9.89 Å². The highest BCUT2D eigenvalue weighted by atomic mass is 19.1. The summed E-state index contributed by atoms with van der Waals surface area (Å²) < 4.78 is 28.0. The lowest BCUT2D eigenvalue weighted by atomic mass is 10.1. The summed E-state index contributed by atoms with van der Waals surface area (Å²) in [5, 5.41) is 13.0. The molecule has 136 valence electrons. The first-order chi connectivity index (χ1) is 12.4. The quantitative estimate of drug-likeness (QED) is 0.632. The molecular formula is C18H19F2N5O. The van der Waals surface area contributed by atoms with Crippen molar-refractivity contribution in [1.29, 1.82) is 0 Å². The second-order valence-corrected chi connectivity index (χ2v) is 6.17. The lowest BCUT2D eigenvalue weighted by Gasteiger charge is -2.13. The zero-order valence-electron chi connectivity index (χ0n) is 14.4. The van der Waals surface area contributed by atoms with Gasteiger partial charge in [-0.25, -0.2) is 8.78 Å². The molecule has 0 saturated heterocycles. The van der Waals surface area contributed by atoms with Crippen molar-refractivity contribution in [2.75, 3.05) is 37.8 Å². The number of aromatic amines is 1. The van der Waals surface area contributed by atoms with Crippen molar-refractivity contribution in [2.45, 2.75) is 0 Å². The molecule has 0 aliphatic carbocycles. The molecule has 0 radical (unpaired) electrons. The van der Waals surface area contributed by atoms with E-state index in [9.17, 15) is 13.6 Å². The van der Waals surface area contributed by atoms with Crippen LogP contribution in [-0.4, -0.2) is 48.2 Å². The fourth-order valence-electron chi connectivity index (χ4n) is 2.49. The van der Waals surface area contributed by atoms with Crippen molar-refractivity contribution < 1.29 is 13.6 Å². The molecular weight excluding hydrogens is 340 g/mol. The van der Waals surface area contributed by atoms with Crippen molar-refractivity contribution in [1.82, 2.24) is 15.1 Å². The van der Waals surface area contributed by atoms with Crippen LogP contribution >= 0.6 is 0 Å². The number of aromatic nitrogens is 2. The number of hydrogen-bond donors (Lipinski definition) is 3. The van der Waals surface area contributed by atoms with Gasteiger partial charge in [0.05, 0.1) is 23.0 Å². The highest BCUT2D eigenvalue weighted by Crippen LogP contribution is 2.22. The monoisotopic (exact) mass is 359 g/mol. The summed E-state index contributed by atoms with van der Waals surface area (Å²) in [6, 6.07) is 7.05. The Hall–Kier alpha value is -3.00. The fraction of sp³-hybridized carbons (Fsp3) is 0.222. The van der Waals surface area contributed by atoms with Gasteiger partial charge in [-0.15, -0.1) is 0 Å². The maximum absolute atomic E-state index is 14.1. The van der Waals surface area contributed by atoms with Gasteiger partial charge in [-0.2, -0.15) is 5.10 Å². The van der Waals surface area contributed by atoms with Crippen LogP contribution < -0.4 is 10.6 Å². The maximum Gasteiger partial charge on any atom is 0.258 e. The summed E-state index contributed by atoms with van der Waals surface area (Å²) in [6.07, 6.45) is 1.62. The molecule has 0 atom stereocenters. The van der Waals surface area contributed by atoms with Gasteiger partial charge in [0.25, 0.3) is 5.91 Å². The number of amides is 1. The van der Waals surface area contributed by atoms with E-state index in [1.54, 1.807) is 24.4 Å². The van der Waals surface area contributed by atoms with E-state index in [-0.39, 0.29) is 11.3 Å². The Labute approximate surface area is 149 Å². The lowest BCUT2D eigenvalue weighted by molar-refractivity contribution is 0.102. The molecule has 3 aromatic rings. The van der Waals surface area contributed by atoms with E-state index in [0.717, 1.165) is 10.9 Å². The van der Waals surface area contributed by atoms with Crippen molar-refractivity contribution in [3.05, 3.63) is 53.7 Å². The van der Waals surface area contributed by atoms with Crippen LogP contribution in [0.5, 0.6) is 0 Å². The third-order valence-corrected chi connectivity index (χ3v) is 3.87. The number of rotatable bonds is 6. The molecule has 0 aliphatic rings. The molecule has 6 nitrogen and oxygen atoms in total. The zero-order valence-corrected chi connectivity index (χ0v) is 14.4. The number of carbonyl (C=O) groups excluding carboxylic acids is 1. The first-order valence-corrected chi connectivity index (χ1v) is 8.06. The summed E-state index contributed by atoms with van der Waals surface area (Å²) in [4.78, 5) is 14.3. The van der Waals surface area contributed by atoms with Gasteiger partial charge in [-0.05, 0) is 38.4 Å². The molecule has 3 rings (SSSR count). The van der Waals surface area contributed by atoms with Crippen LogP contribution in [0.1, 0.15) is 10.4 Å². The molecule has 0 aliphatic heterocycles. The Bertz CT molecular complexity index is 938. The second kappa shape index (κ2) is 7.49. The molecule has 0 bridgehead atoms. The Kier molecular flexibility index (Phi) is 5.13. The summed E-state index contributed by atoms with van der Waals surface area (Å²) >= 11 is 0. The second-order valence-electron chi connectivity index (χ2n) is 6.17. The van der Waals surface area contributed by atoms with Crippen LogP contribution in [0.25, 0.3) is 10.9 Å². The molecule has 1 heterocycles. The van der Waals surface area contributed by atoms with Crippen molar-refractivity contribution in [3.63, 3.8) is 0 Å². The molecule has 3 N–H and O–H groups in total. The highest BCUT2D eigenvalue weighted by molar-refractivity contribution is 6.05. The fourth-order valence-corrected chi connectivity index (χ4v) is 2.49. The summed E-state index contributed by atoms with van der Waals surface area (Å²) in [5.74, 6) is -2.30. The molecule has 1 amide bonds. The van der Waals surface area contributed by atoms with E-state index in [0.29, 0.717) is 24.8 Å². The van der Waals surface area contributed by atoms with E-state index in [1.807, 2.05) is 19.0 Å². The van der Waals surface area contributed by atoms with Crippen LogP contribution in [0, 0.1) is 11.6 Å². The molecule has 0 spiro atoms. The maximum atomic E-state index is 14.1. The molecule has 0 saturated carbocycles. The van der Waals surface area contributed by atoms with E-state index in [4.69, 9.17) is 0 Å². The van der Waals surface area contributed by atoms with Crippen LogP contribution in [0.15, 0.2) is 36.5 Å². The number of anilines is 2. The SMILES string of the molecule is CN(C)CCNc1cc(C(=O)Nc2ccc3[nH]ncc3c2)c(F)cc1F. The number of carbonyl (C=O) groups is 1. The van der Waals surface area contributed by atoms with Crippen LogP contribution in [0.4, 0.5) is 20.2 Å². The van der Waals surface area contributed by atoms with Crippen LogP contribution in [-0.2, 0) is 0 Å². The smallest absolute Gasteiger partial charge is 0.258 e. The van der Waals surface area contributed by atoms with Crippen LogP contribution in [0.2, 0.25) is 0 Å². The Morgan fingerprint density at radius 1 is 1.19 bits per heavy atom. The number of hydrogen-bond acceptors (Lipinski definition) is 4. The topological polar surface area (TPSA) is 73.1 Å². The Morgan fingerprint density at radius 2 is 2.00 bits per heavy atom. The van der Waals surface area contributed by atoms with Gasteiger partial charge in [0.2, 0.25) is 0 Å². The van der Waals surface area contributed by atoms with Gasteiger partial charge < -0.3 is 15.5 Å². The predicted molar refractivity (Wildman–Crippen MR) is 97.4 cm³/mol. The third-order valence-electron chi connectivity index (χ3n) is 3.87. The van der Waals surface area contributed by atoms with Gasteiger partial charge in [0.15, 0.2) is 0 Å². The molecule has 2 aromatic carbocycles. The first-order valence-electron chi connectivity index (χ1n) is 8.06. The number of benzene rings is 2. The van der Waals surface area contributed by atoms with E-state index < -0.39 is 17.5 Å². The number of H-pyrrole nitrogens is 1. The minimum absolute atomic E-state index is 0.0867. The average molecular weight is 359 g/mol. The van der Waals surface area contributed by atoms with E-state index >= 15 is 0 Å². The molecule has 26 heavy (non-hydrogen) atoms. The molecule has 8 heteroatoms.